The van der Waals surface area contributed by atoms with Crippen LogP contribution >= 0.6 is 0 Å². The zero-order valence-electron chi connectivity index (χ0n) is 14.2. The summed E-state index contributed by atoms with van der Waals surface area (Å²) in [6.45, 7) is 0. The molecule has 0 aromatic heterocycles. The number of hydrogen-bond acceptors (Lipinski definition) is 2. The van der Waals surface area contributed by atoms with Crippen molar-refractivity contribution >= 4 is 17.2 Å². The van der Waals surface area contributed by atoms with Crippen molar-refractivity contribution < 1.29 is 4.74 Å². The molecule has 0 N–H and O–H groups in total. The third-order valence-corrected chi connectivity index (χ3v) is 5.82. The molecule has 2 nitrogen and oxygen atoms in total. The van der Waals surface area contributed by atoms with Gasteiger partial charge in [0.1, 0.15) is 11.3 Å². The van der Waals surface area contributed by atoms with Gasteiger partial charge in [0.2, 0.25) is 0 Å². The molecule has 3 aromatic rings. The molecule has 5 rings (SSSR count). The Morgan fingerprint density at radius 1 is 0.920 bits per heavy atom. The molecule has 1 heterocycles. The van der Waals surface area contributed by atoms with Gasteiger partial charge in [-0.15, -0.1) is 0 Å². The van der Waals surface area contributed by atoms with Crippen molar-refractivity contribution in [2.24, 2.45) is 10.9 Å². The van der Waals surface area contributed by atoms with Gasteiger partial charge in [-0.2, -0.15) is 0 Å². The Hall–Kier alpha value is -2.61. The molecular formula is C23H21NO. The van der Waals surface area contributed by atoms with E-state index in [1.165, 1.54) is 41.2 Å². The molecule has 1 atom stereocenters. The summed E-state index contributed by atoms with van der Waals surface area (Å²) in [7, 11) is 0. The van der Waals surface area contributed by atoms with Crippen LogP contribution in [0.15, 0.2) is 71.7 Å². The Balaban J connectivity index is 1.72. The number of nitrogens with zero attached hydrogens (tertiary/aromatic N) is 1. The van der Waals surface area contributed by atoms with Gasteiger partial charge < -0.3 is 4.74 Å². The largest absolute Gasteiger partial charge is 0.446 e. The summed E-state index contributed by atoms with van der Waals surface area (Å²) in [6, 6.07) is 23.7. The summed E-state index contributed by atoms with van der Waals surface area (Å²) in [5, 5.41) is 2.54. The molecule has 1 aliphatic heterocycles. The molecule has 1 unspecified atom stereocenters. The van der Waals surface area contributed by atoms with E-state index in [2.05, 4.69) is 60.7 Å². The van der Waals surface area contributed by atoms with Gasteiger partial charge in [0.15, 0.2) is 6.40 Å². The molecule has 1 fully saturated rings. The lowest BCUT2D eigenvalue weighted by atomic mass is 9.70. The first-order valence-electron chi connectivity index (χ1n) is 9.14. The quantitative estimate of drug-likeness (QED) is 0.605. The SMILES string of the molecule is C1=NC(CC2CCC2)(c2ccc3ccccc3c2)c2ccccc2O1. The van der Waals surface area contributed by atoms with Crippen molar-refractivity contribution in [3.8, 4) is 5.75 Å². The highest BCUT2D eigenvalue weighted by molar-refractivity contribution is 5.83. The maximum Gasteiger partial charge on any atom is 0.177 e. The molecule has 0 amide bonds. The van der Waals surface area contributed by atoms with Crippen LogP contribution in [-0.4, -0.2) is 6.40 Å². The minimum atomic E-state index is -0.329. The highest BCUT2D eigenvalue weighted by Crippen LogP contribution is 2.49. The predicted molar refractivity (Wildman–Crippen MR) is 102 cm³/mol. The van der Waals surface area contributed by atoms with Crippen LogP contribution in [0.3, 0.4) is 0 Å². The number of ether oxygens (including phenoxy) is 1. The zero-order valence-corrected chi connectivity index (χ0v) is 14.2. The molecule has 3 aromatic carbocycles. The van der Waals surface area contributed by atoms with Gasteiger partial charge in [0.25, 0.3) is 0 Å². The van der Waals surface area contributed by atoms with E-state index in [9.17, 15) is 0 Å². The Bertz CT molecular complexity index is 957. The normalized spacial score (nSPS) is 22.2. The molecule has 124 valence electrons. The number of rotatable bonds is 3. The maximum absolute atomic E-state index is 5.73. The average molecular weight is 327 g/mol. The standard InChI is InChI=1S/C23H21NO/c1-2-9-19-14-20(13-12-18(19)8-1)23(15-17-6-5-7-17)21-10-3-4-11-22(21)25-16-24-23/h1-4,8-14,16-17H,5-7,15H2. The molecule has 2 heteroatoms. The summed E-state index contributed by atoms with van der Waals surface area (Å²) in [6.07, 6.45) is 6.68. The highest BCUT2D eigenvalue weighted by atomic mass is 16.5. The molecule has 25 heavy (non-hydrogen) atoms. The Labute approximate surface area is 148 Å². The minimum absolute atomic E-state index is 0.329. The number of para-hydroxylation sites is 1. The summed E-state index contributed by atoms with van der Waals surface area (Å²) in [5.74, 6) is 1.68. The lowest BCUT2D eigenvalue weighted by Crippen LogP contribution is -2.33. The van der Waals surface area contributed by atoms with Crippen molar-refractivity contribution in [2.75, 3.05) is 0 Å². The number of benzene rings is 3. The van der Waals surface area contributed by atoms with Gasteiger partial charge in [-0.3, -0.25) is 0 Å². The van der Waals surface area contributed by atoms with Gasteiger partial charge >= 0.3 is 0 Å². The number of fused-ring (bicyclic) bond motifs is 2. The van der Waals surface area contributed by atoms with E-state index >= 15 is 0 Å². The van der Waals surface area contributed by atoms with E-state index in [0.29, 0.717) is 0 Å². The molecule has 0 spiro atoms. The van der Waals surface area contributed by atoms with Gasteiger partial charge in [-0.25, -0.2) is 4.99 Å². The van der Waals surface area contributed by atoms with E-state index in [1.54, 1.807) is 6.40 Å². The fourth-order valence-electron chi connectivity index (χ4n) is 4.23. The first-order chi connectivity index (χ1) is 12.4. The molecule has 1 aliphatic carbocycles. The fraction of sp³-hybridized carbons (Fsp3) is 0.261. The van der Waals surface area contributed by atoms with Crippen molar-refractivity contribution in [3.63, 3.8) is 0 Å². The fourth-order valence-corrected chi connectivity index (χ4v) is 4.23. The highest BCUT2D eigenvalue weighted by Gasteiger charge is 2.41. The first kappa shape index (κ1) is 14.7. The second-order valence-corrected chi connectivity index (χ2v) is 7.27. The van der Waals surface area contributed by atoms with Crippen LogP contribution in [0.25, 0.3) is 10.8 Å². The number of hydrogen-bond donors (Lipinski definition) is 0. The van der Waals surface area contributed by atoms with Crippen molar-refractivity contribution in [1.29, 1.82) is 0 Å². The minimum Gasteiger partial charge on any atom is -0.446 e. The van der Waals surface area contributed by atoms with Crippen molar-refractivity contribution in [3.05, 3.63) is 77.9 Å². The lowest BCUT2D eigenvalue weighted by Gasteiger charge is -2.39. The van der Waals surface area contributed by atoms with Crippen LogP contribution in [0.5, 0.6) is 5.75 Å². The second kappa shape index (κ2) is 5.73. The van der Waals surface area contributed by atoms with Crippen LogP contribution in [0, 0.1) is 5.92 Å². The summed E-state index contributed by atoms with van der Waals surface area (Å²) in [4.78, 5) is 4.95. The molecule has 2 aliphatic rings. The third kappa shape index (κ3) is 2.36. The van der Waals surface area contributed by atoms with E-state index in [4.69, 9.17) is 9.73 Å². The van der Waals surface area contributed by atoms with Gasteiger partial charge in [0.05, 0.1) is 0 Å². The van der Waals surface area contributed by atoms with Crippen molar-refractivity contribution in [2.45, 2.75) is 31.2 Å². The number of aliphatic imine (C=N–C) groups is 1. The van der Waals surface area contributed by atoms with Crippen LogP contribution in [-0.2, 0) is 5.54 Å². The first-order valence-corrected chi connectivity index (χ1v) is 9.14. The molecule has 1 saturated carbocycles. The van der Waals surface area contributed by atoms with Crippen LogP contribution in [0.4, 0.5) is 0 Å². The van der Waals surface area contributed by atoms with Crippen LogP contribution in [0.2, 0.25) is 0 Å². The summed E-state index contributed by atoms with van der Waals surface area (Å²) < 4.78 is 5.73. The lowest BCUT2D eigenvalue weighted by molar-refractivity contribution is 0.241. The third-order valence-electron chi connectivity index (χ3n) is 5.82. The van der Waals surface area contributed by atoms with Crippen molar-refractivity contribution in [1.82, 2.24) is 0 Å². The zero-order chi connectivity index (χ0) is 16.7. The van der Waals surface area contributed by atoms with E-state index in [1.807, 2.05) is 6.07 Å². The van der Waals surface area contributed by atoms with E-state index < -0.39 is 0 Å². The molecule has 0 radical (unpaired) electrons. The van der Waals surface area contributed by atoms with Gasteiger partial charge in [-0.05, 0) is 40.8 Å². The average Bonchev–Trinajstić information content (AvgIpc) is 2.64. The Kier molecular flexibility index (Phi) is 3.37. The summed E-state index contributed by atoms with van der Waals surface area (Å²) >= 11 is 0. The predicted octanol–water partition coefficient (Wildman–Crippen LogP) is 5.69. The molecule has 0 saturated heterocycles. The molecular weight excluding hydrogens is 306 g/mol. The Morgan fingerprint density at radius 2 is 1.72 bits per heavy atom. The van der Waals surface area contributed by atoms with Crippen LogP contribution in [0.1, 0.15) is 36.8 Å². The molecule has 0 bridgehead atoms. The summed E-state index contributed by atoms with van der Waals surface area (Å²) in [5.41, 5.74) is 2.13. The monoisotopic (exact) mass is 327 g/mol. The Morgan fingerprint density at radius 3 is 2.56 bits per heavy atom. The second-order valence-electron chi connectivity index (χ2n) is 7.27. The van der Waals surface area contributed by atoms with E-state index in [-0.39, 0.29) is 5.54 Å². The van der Waals surface area contributed by atoms with E-state index in [0.717, 1.165) is 18.1 Å². The topological polar surface area (TPSA) is 21.6 Å². The smallest absolute Gasteiger partial charge is 0.177 e. The maximum atomic E-state index is 5.73. The van der Waals surface area contributed by atoms with Gasteiger partial charge in [-0.1, -0.05) is 73.9 Å². The van der Waals surface area contributed by atoms with Crippen LogP contribution < -0.4 is 4.74 Å². The van der Waals surface area contributed by atoms with Gasteiger partial charge in [0, 0.05) is 5.56 Å².